The van der Waals surface area contributed by atoms with E-state index in [0.717, 1.165) is 22.0 Å². The molecule has 0 radical (unpaired) electrons. The molecule has 0 aliphatic rings. The van der Waals surface area contributed by atoms with Gasteiger partial charge in [0.25, 0.3) is 0 Å². The van der Waals surface area contributed by atoms with Crippen molar-refractivity contribution in [2.24, 2.45) is 0 Å². The molecule has 0 fully saturated rings. The van der Waals surface area contributed by atoms with Gasteiger partial charge in [0.1, 0.15) is 0 Å². The maximum Gasteiger partial charge on any atom is 0.157 e. The van der Waals surface area contributed by atoms with Crippen LogP contribution < -0.4 is 0 Å². The first kappa shape index (κ1) is 12.2. The number of hydrogen-bond donors (Lipinski definition) is 2. The van der Waals surface area contributed by atoms with Crippen LogP contribution in [0.4, 0.5) is 0 Å². The Hall–Kier alpha value is -2.81. The van der Waals surface area contributed by atoms with Crippen LogP contribution in [0, 0.1) is 0 Å². The van der Waals surface area contributed by atoms with E-state index in [2.05, 4.69) is 4.98 Å². The highest BCUT2D eigenvalue weighted by Crippen LogP contribution is 2.26. The Balaban J connectivity index is 2.00. The van der Waals surface area contributed by atoms with Crippen molar-refractivity contribution in [1.29, 1.82) is 0 Å². The van der Waals surface area contributed by atoms with Gasteiger partial charge in [-0.15, -0.1) is 0 Å². The highest BCUT2D eigenvalue weighted by Gasteiger charge is 2.00. The highest BCUT2D eigenvalue weighted by molar-refractivity contribution is 5.90. The lowest BCUT2D eigenvalue weighted by molar-refractivity contribution is 0.403. The van der Waals surface area contributed by atoms with E-state index in [1.165, 1.54) is 12.1 Å². The maximum atomic E-state index is 9.48. The quantitative estimate of drug-likeness (QED) is 0.691. The molecular formula is C17H13NO2. The van der Waals surface area contributed by atoms with E-state index >= 15 is 0 Å². The van der Waals surface area contributed by atoms with Gasteiger partial charge in [-0.1, -0.05) is 36.4 Å². The van der Waals surface area contributed by atoms with Gasteiger partial charge < -0.3 is 10.2 Å². The molecule has 0 aliphatic carbocycles. The fourth-order valence-corrected chi connectivity index (χ4v) is 2.09. The molecule has 0 saturated carbocycles. The van der Waals surface area contributed by atoms with Gasteiger partial charge in [0.05, 0.1) is 5.52 Å². The first-order valence-electron chi connectivity index (χ1n) is 6.28. The van der Waals surface area contributed by atoms with Crippen LogP contribution in [0.5, 0.6) is 11.5 Å². The first-order valence-corrected chi connectivity index (χ1v) is 6.28. The standard InChI is InChI=1S/C17H13NO2/c19-16-8-6-12(11-17(16)20)5-7-13-9-10-18-15-4-2-1-3-14(13)15/h1-11,19-20H/b7-5+. The largest absolute Gasteiger partial charge is 0.504 e. The second-order valence-corrected chi connectivity index (χ2v) is 4.50. The summed E-state index contributed by atoms with van der Waals surface area (Å²) in [6.45, 7) is 0. The van der Waals surface area contributed by atoms with E-state index in [4.69, 9.17) is 0 Å². The van der Waals surface area contributed by atoms with Crippen LogP contribution in [-0.2, 0) is 0 Å². The molecule has 0 bridgehead atoms. The third-order valence-corrected chi connectivity index (χ3v) is 3.14. The van der Waals surface area contributed by atoms with E-state index in [0.29, 0.717) is 0 Å². The lowest BCUT2D eigenvalue weighted by atomic mass is 10.1. The predicted molar refractivity (Wildman–Crippen MR) is 80.4 cm³/mol. The van der Waals surface area contributed by atoms with Crippen molar-refractivity contribution in [3.8, 4) is 11.5 Å². The molecule has 3 rings (SSSR count). The van der Waals surface area contributed by atoms with Gasteiger partial charge >= 0.3 is 0 Å². The van der Waals surface area contributed by atoms with Crippen molar-refractivity contribution >= 4 is 23.1 Å². The van der Waals surface area contributed by atoms with Crippen molar-refractivity contribution < 1.29 is 10.2 Å². The van der Waals surface area contributed by atoms with Crippen LogP contribution in [0.3, 0.4) is 0 Å². The van der Waals surface area contributed by atoms with Gasteiger partial charge in [-0.2, -0.15) is 0 Å². The Morgan fingerprint density at radius 2 is 1.70 bits per heavy atom. The van der Waals surface area contributed by atoms with Gasteiger partial charge in [0.15, 0.2) is 11.5 Å². The van der Waals surface area contributed by atoms with Crippen molar-refractivity contribution in [1.82, 2.24) is 4.98 Å². The van der Waals surface area contributed by atoms with Crippen LogP contribution in [0.15, 0.2) is 54.7 Å². The number of aromatic hydroxyl groups is 2. The normalized spacial score (nSPS) is 11.2. The number of benzene rings is 2. The van der Waals surface area contributed by atoms with E-state index in [-0.39, 0.29) is 11.5 Å². The summed E-state index contributed by atoms with van der Waals surface area (Å²) in [5.74, 6) is -0.233. The Bertz CT molecular complexity index is 789. The molecule has 0 unspecified atom stereocenters. The SMILES string of the molecule is Oc1ccc(/C=C/c2ccnc3ccccc23)cc1O. The molecule has 0 atom stereocenters. The van der Waals surface area contributed by atoms with Gasteiger partial charge in [0.2, 0.25) is 0 Å². The molecule has 0 saturated heterocycles. The Labute approximate surface area is 116 Å². The molecule has 3 heteroatoms. The smallest absolute Gasteiger partial charge is 0.157 e. The Kier molecular flexibility index (Phi) is 3.09. The highest BCUT2D eigenvalue weighted by atomic mass is 16.3. The number of phenolic OH excluding ortho intramolecular Hbond substituents is 2. The number of nitrogens with zero attached hydrogens (tertiary/aromatic N) is 1. The van der Waals surface area contributed by atoms with E-state index in [9.17, 15) is 10.2 Å². The topological polar surface area (TPSA) is 53.4 Å². The van der Waals surface area contributed by atoms with E-state index in [1.807, 2.05) is 42.5 Å². The maximum absolute atomic E-state index is 9.48. The summed E-state index contributed by atoms with van der Waals surface area (Å²) in [6.07, 6.45) is 5.63. The van der Waals surface area contributed by atoms with Gasteiger partial charge in [-0.25, -0.2) is 0 Å². The molecule has 2 aromatic carbocycles. The molecule has 0 amide bonds. The minimum absolute atomic E-state index is 0.114. The molecule has 0 aliphatic heterocycles. The van der Waals surface area contributed by atoms with Crippen molar-refractivity contribution in [3.05, 3.63) is 65.9 Å². The van der Waals surface area contributed by atoms with E-state index < -0.39 is 0 Å². The summed E-state index contributed by atoms with van der Waals surface area (Å²) in [5.41, 5.74) is 2.83. The number of fused-ring (bicyclic) bond motifs is 1. The zero-order valence-electron chi connectivity index (χ0n) is 10.7. The summed E-state index contributed by atoms with van der Waals surface area (Å²) in [7, 11) is 0. The minimum Gasteiger partial charge on any atom is -0.504 e. The van der Waals surface area contributed by atoms with Gasteiger partial charge in [-0.3, -0.25) is 4.98 Å². The molecule has 98 valence electrons. The van der Waals surface area contributed by atoms with Crippen molar-refractivity contribution in [2.75, 3.05) is 0 Å². The van der Waals surface area contributed by atoms with Crippen LogP contribution in [0.25, 0.3) is 23.1 Å². The number of pyridine rings is 1. The number of hydrogen-bond acceptors (Lipinski definition) is 3. The lowest BCUT2D eigenvalue weighted by Gasteiger charge is -2.01. The molecule has 3 aromatic rings. The first-order chi connectivity index (χ1) is 9.74. The van der Waals surface area contributed by atoms with Crippen LogP contribution in [0.2, 0.25) is 0 Å². The molecule has 0 spiro atoms. The number of rotatable bonds is 2. The zero-order valence-corrected chi connectivity index (χ0v) is 10.7. The van der Waals surface area contributed by atoms with Crippen molar-refractivity contribution in [2.45, 2.75) is 0 Å². The zero-order chi connectivity index (χ0) is 13.9. The second-order valence-electron chi connectivity index (χ2n) is 4.50. The Morgan fingerprint density at radius 3 is 2.55 bits per heavy atom. The van der Waals surface area contributed by atoms with Crippen LogP contribution in [-0.4, -0.2) is 15.2 Å². The van der Waals surface area contributed by atoms with Gasteiger partial charge in [-0.05, 0) is 35.4 Å². The third-order valence-electron chi connectivity index (χ3n) is 3.14. The fraction of sp³-hybridized carbons (Fsp3) is 0. The molecule has 2 N–H and O–H groups in total. The van der Waals surface area contributed by atoms with E-state index in [1.54, 1.807) is 12.3 Å². The third kappa shape index (κ3) is 2.34. The molecular weight excluding hydrogens is 250 g/mol. The average molecular weight is 263 g/mol. The summed E-state index contributed by atoms with van der Waals surface area (Å²) in [4.78, 5) is 4.32. The fourth-order valence-electron chi connectivity index (χ4n) is 2.09. The molecule has 3 nitrogen and oxygen atoms in total. The number of aromatic nitrogens is 1. The molecule has 1 aromatic heterocycles. The molecule has 20 heavy (non-hydrogen) atoms. The Morgan fingerprint density at radius 1 is 0.850 bits per heavy atom. The van der Waals surface area contributed by atoms with Crippen LogP contribution in [0.1, 0.15) is 11.1 Å². The second kappa shape index (κ2) is 5.05. The summed E-state index contributed by atoms with van der Waals surface area (Å²) < 4.78 is 0. The lowest BCUT2D eigenvalue weighted by Crippen LogP contribution is -1.81. The van der Waals surface area contributed by atoms with Gasteiger partial charge in [0, 0.05) is 11.6 Å². The van der Waals surface area contributed by atoms with Crippen LogP contribution >= 0.6 is 0 Å². The summed E-state index contributed by atoms with van der Waals surface area (Å²) in [6, 6.07) is 14.6. The average Bonchev–Trinajstić information content (AvgIpc) is 2.48. The summed E-state index contributed by atoms with van der Waals surface area (Å²) in [5, 5.41) is 19.8. The predicted octanol–water partition coefficient (Wildman–Crippen LogP) is 3.82. The minimum atomic E-state index is -0.119. The van der Waals surface area contributed by atoms with Crippen molar-refractivity contribution in [3.63, 3.8) is 0 Å². The summed E-state index contributed by atoms with van der Waals surface area (Å²) >= 11 is 0. The molecule has 1 heterocycles. The number of phenols is 2. The monoisotopic (exact) mass is 263 g/mol. The number of para-hydroxylation sites is 1.